The molecular formula is C11H12O3. The summed E-state index contributed by atoms with van der Waals surface area (Å²) in [4.78, 5) is 11.5. The van der Waals surface area contributed by atoms with E-state index < -0.39 is 0 Å². The van der Waals surface area contributed by atoms with Gasteiger partial charge < -0.3 is 9.47 Å². The standard InChI is InChI=1S/C11H12O3/c1-13-11-5-3-2-4-8(11)9-6-14-7-10(9)12/h2-5,9H,6-7H2,1H3. The first-order valence-electron chi connectivity index (χ1n) is 4.56. The van der Waals surface area contributed by atoms with Gasteiger partial charge in [-0.1, -0.05) is 18.2 Å². The summed E-state index contributed by atoms with van der Waals surface area (Å²) in [6.07, 6.45) is 0. The molecule has 0 spiro atoms. The molecule has 14 heavy (non-hydrogen) atoms. The highest BCUT2D eigenvalue weighted by molar-refractivity contribution is 5.89. The van der Waals surface area contributed by atoms with E-state index in [4.69, 9.17) is 9.47 Å². The molecule has 1 aromatic carbocycles. The number of ether oxygens (including phenoxy) is 2. The Morgan fingerprint density at radius 2 is 2.21 bits per heavy atom. The van der Waals surface area contributed by atoms with Gasteiger partial charge in [-0.2, -0.15) is 0 Å². The molecule has 0 saturated carbocycles. The highest BCUT2D eigenvalue weighted by Crippen LogP contribution is 2.29. The summed E-state index contributed by atoms with van der Waals surface area (Å²) in [6.45, 7) is 0.696. The zero-order valence-electron chi connectivity index (χ0n) is 8.03. The number of methoxy groups -OCH3 is 1. The molecule has 1 atom stereocenters. The third kappa shape index (κ3) is 1.51. The molecule has 74 valence electrons. The van der Waals surface area contributed by atoms with Crippen molar-refractivity contribution in [3.63, 3.8) is 0 Å². The monoisotopic (exact) mass is 192 g/mol. The Morgan fingerprint density at radius 1 is 1.43 bits per heavy atom. The van der Waals surface area contributed by atoms with Crippen molar-refractivity contribution in [2.24, 2.45) is 0 Å². The number of Topliss-reactive ketones (excluding diaryl/α,β-unsaturated/α-hetero) is 1. The van der Waals surface area contributed by atoms with E-state index >= 15 is 0 Å². The molecule has 3 heteroatoms. The van der Waals surface area contributed by atoms with E-state index in [1.807, 2.05) is 24.3 Å². The zero-order valence-corrected chi connectivity index (χ0v) is 8.03. The van der Waals surface area contributed by atoms with Crippen molar-refractivity contribution in [1.82, 2.24) is 0 Å². The second-order valence-electron chi connectivity index (χ2n) is 3.28. The summed E-state index contributed by atoms with van der Waals surface area (Å²) >= 11 is 0. The van der Waals surface area contributed by atoms with Crippen molar-refractivity contribution >= 4 is 5.78 Å². The minimum absolute atomic E-state index is 0.134. The number of carbonyl (C=O) groups is 1. The van der Waals surface area contributed by atoms with Gasteiger partial charge in [-0.3, -0.25) is 4.79 Å². The first-order chi connectivity index (χ1) is 6.83. The van der Waals surface area contributed by atoms with Crippen molar-refractivity contribution in [1.29, 1.82) is 0 Å². The van der Waals surface area contributed by atoms with Gasteiger partial charge in [0.25, 0.3) is 0 Å². The molecular weight excluding hydrogens is 180 g/mol. The zero-order chi connectivity index (χ0) is 9.97. The van der Waals surface area contributed by atoms with E-state index in [1.165, 1.54) is 0 Å². The second kappa shape index (κ2) is 3.80. The summed E-state index contributed by atoms with van der Waals surface area (Å²) < 4.78 is 10.3. The second-order valence-corrected chi connectivity index (χ2v) is 3.28. The molecule has 0 radical (unpaired) electrons. The fourth-order valence-corrected chi connectivity index (χ4v) is 1.69. The van der Waals surface area contributed by atoms with Crippen LogP contribution >= 0.6 is 0 Å². The molecule has 0 bridgehead atoms. The first kappa shape index (κ1) is 9.21. The van der Waals surface area contributed by atoms with Crippen molar-refractivity contribution in [2.75, 3.05) is 20.3 Å². The van der Waals surface area contributed by atoms with E-state index in [1.54, 1.807) is 7.11 Å². The van der Waals surface area contributed by atoms with Gasteiger partial charge in [0.15, 0.2) is 5.78 Å². The Morgan fingerprint density at radius 3 is 2.86 bits per heavy atom. The van der Waals surface area contributed by atoms with Crippen LogP contribution in [0.3, 0.4) is 0 Å². The first-order valence-corrected chi connectivity index (χ1v) is 4.56. The Hall–Kier alpha value is -1.35. The quantitative estimate of drug-likeness (QED) is 0.710. The van der Waals surface area contributed by atoms with Gasteiger partial charge in [0.2, 0.25) is 0 Å². The number of hydrogen-bond acceptors (Lipinski definition) is 3. The van der Waals surface area contributed by atoms with Gasteiger partial charge in [-0.05, 0) is 6.07 Å². The van der Waals surface area contributed by atoms with Gasteiger partial charge in [-0.25, -0.2) is 0 Å². The molecule has 1 aromatic rings. The van der Waals surface area contributed by atoms with Crippen LogP contribution in [0.1, 0.15) is 11.5 Å². The minimum Gasteiger partial charge on any atom is -0.496 e. The van der Waals surface area contributed by atoms with Crippen LogP contribution in [0.2, 0.25) is 0 Å². The Labute approximate surface area is 82.6 Å². The SMILES string of the molecule is COc1ccccc1C1COCC1=O. The van der Waals surface area contributed by atoms with Crippen molar-refractivity contribution in [2.45, 2.75) is 5.92 Å². The predicted octanol–water partition coefficient (Wildman–Crippen LogP) is 1.38. The van der Waals surface area contributed by atoms with Crippen molar-refractivity contribution in [3.05, 3.63) is 29.8 Å². The van der Waals surface area contributed by atoms with E-state index in [-0.39, 0.29) is 18.3 Å². The van der Waals surface area contributed by atoms with Crippen LogP contribution in [0.4, 0.5) is 0 Å². The Balaban J connectivity index is 2.35. The highest BCUT2D eigenvalue weighted by atomic mass is 16.5. The third-order valence-electron chi connectivity index (χ3n) is 2.43. The number of benzene rings is 1. The lowest BCUT2D eigenvalue weighted by Crippen LogP contribution is -2.10. The maximum absolute atomic E-state index is 11.5. The average molecular weight is 192 g/mol. The molecule has 3 nitrogen and oxygen atoms in total. The topological polar surface area (TPSA) is 35.5 Å². The molecule has 0 aromatic heterocycles. The lowest BCUT2D eigenvalue weighted by Gasteiger charge is -2.11. The summed E-state index contributed by atoms with van der Waals surface area (Å²) in [5, 5.41) is 0. The molecule has 1 unspecified atom stereocenters. The maximum Gasteiger partial charge on any atom is 0.168 e. The van der Waals surface area contributed by atoms with Gasteiger partial charge in [0.1, 0.15) is 12.4 Å². The molecule has 2 rings (SSSR count). The molecule has 0 amide bonds. The normalized spacial score (nSPS) is 21.2. The van der Waals surface area contributed by atoms with Crippen molar-refractivity contribution in [3.8, 4) is 5.75 Å². The van der Waals surface area contributed by atoms with Crippen LogP contribution < -0.4 is 4.74 Å². The summed E-state index contributed by atoms with van der Waals surface area (Å²) in [5.41, 5.74) is 0.928. The molecule has 1 fully saturated rings. The summed E-state index contributed by atoms with van der Waals surface area (Å²) in [5.74, 6) is 0.747. The van der Waals surface area contributed by atoms with Crippen LogP contribution in [-0.4, -0.2) is 26.1 Å². The van der Waals surface area contributed by atoms with Crippen LogP contribution in [0.5, 0.6) is 5.75 Å². The fourth-order valence-electron chi connectivity index (χ4n) is 1.69. The summed E-state index contributed by atoms with van der Waals surface area (Å²) in [7, 11) is 1.61. The molecule has 0 N–H and O–H groups in total. The lowest BCUT2D eigenvalue weighted by molar-refractivity contribution is -0.118. The Kier molecular flexibility index (Phi) is 2.50. The molecule has 1 heterocycles. The van der Waals surface area contributed by atoms with E-state index in [9.17, 15) is 4.79 Å². The third-order valence-corrected chi connectivity index (χ3v) is 2.43. The number of ketones is 1. The number of para-hydroxylation sites is 1. The largest absolute Gasteiger partial charge is 0.496 e. The number of rotatable bonds is 2. The van der Waals surface area contributed by atoms with E-state index in [0.717, 1.165) is 11.3 Å². The molecule has 0 aliphatic carbocycles. The number of carbonyl (C=O) groups excluding carboxylic acids is 1. The minimum atomic E-state index is -0.147. The fraction of sp³-hybridized carbons (Fsp3) is 0.364. The molecule has 1 saturated heterocycles. The smallest absolute Gasteiger partial charge is 0.168 e. The van der Waals surface area contributed by atoms with E-state index in [0.29, 0.717) is 6.61 Å². The van der Waals surface area contributed by atoms with Crippen LogP contribution in [0.15, 0.2) is 24.3 Å². The lowest BCUT2D eigenvalue weighted by atomic mass is 9.97. The van der Waals surface area contributed by atoms with Gasteiger partial charge in [0, 0.05) is 5.56 Å². The molecule has 1 aliphatic heterocycles. The Bertz CT molecular complexity index is 346. The van der Waals surface area contributed by atoms with Gasteiger partial charge >= 0.3 is 0 Å². The van der Waals surface area contributed by atoms with Crippen LogP contribution in [0.25, 0.3) is 0 Å². The van der Waals surface area contributed by atoms with Crippen molar-refractivity contribution < 1.29 is 14.3 Å². The van der Waals surface area contributed by atoms with Crippen LogP contribution in [0, 0.1) is 0 Å². The highest BCUT2D eigenvalue weighted by Gasteiger charge is 2.28. The van der Waals surface area contributed by atoms with E-state index in [2.05, 4.69) is 0 Å². The molecule has 1 aliphatic rings. The van der Waals surface area contributed by atoms with Gasteiger partial charge in [-0.15, -0.1) is 0 Å². The predicted molar refractivity (Wildman–Crippen MR) is 51.6 cm³/mol. The van der Waals surface area contributed by atoms with Crippen LogP contribution in [-0.2, 0) is 9.53 Å². The average Bonchev–Trinajstić information content (AvgIpc) is 2.64. The number of hydrogen-bond donors (Lipinski definition) is 0. The van der Waals surface area contributed by atoms with Gasteiger partial charge in [0.05, 0.1) is 19.6 Å². The maximum atomic E-state index is 11.5. The summed E-state index contributed by atoms with van der Waals surface area (Å²) in [6, 6.07) is 7.57.